The molecule has 0 N–H and O–H groups in total. The van der Waals surface area contributed by atoms with Crippen molar-refractivity contribution in [2.24, 2.45) is 0 Å². The molecule has 11 heteroatoms. The lowest BCUT2D eigenvalue weighted by atomic mass is 9.94. The number of unbranched alkanes of at least 4 members (excludes halogenated alkanes) is 1. The monoisotopic (exact) mass is 660 g/mol. The number of carbonyl (C=O) groups excluding carboxylic acids is 2. The van der Waals surface area contributed by atoms with Crippen molar-refractivity contribution in [2.75, 3.05) is 19.9 Å². The Balaban J connectivity index is 1.71. The SMILES string of the molecule is CCC(=O)O[C@H](C)OP(=O)(CCCC/C(C)=C/Cc1c(OC)c(C)c2c(c1OCC[Si](C)(C)C)C(=O)OC2)Oc1ccccc1. The summed E-state index contributed by atoms with van der Waals surface area (Å²) in [5.74, 6) is 0.908. The van der Waals surface area contributed by atoms with Gasteiger partial charge in [0.05, 0.1) is 19.9 Å². The summed E-state index contributed by atoms with van der Waals surface area (Å²) in [4.78, 5) is 24.5. The number of allylic oxidation sites excluding steroid dienone is 2. The molecule has 1 unspecified atom stereocenters. The Labute approximate surface area is 269 Å². The summed E-state index contributed by atoms with van der Waals surface area (Å²) in [6, 6.07) is 9.80. The van der Waals surface area contributed by atoms with E-state index in [1.54, 1.807) is 45.2 Å². The van der Waals surface area contributed by atoms with E-state index in [1.165, 1.54) is 0 Å². The Morgan fingerprint density at radius 2 is 1.84 bits per heavy atom. The lowest BCUT2D eigenvalue weighted by Gasteiger charge is -2.23. The van der Waals surface area contributed by atoms with Crippen LogP contribution in [0.5, 0.6) is 17.2 Å². The number of cyclic esters (lactones) is 1. The third-order valence-corrected chi connectivity index (χ3v) is 11.2. The lowest BCUT2D eigenvalue weighted by Crippen LogP contribution is -2.23. The minimum Gasteiger partial charge on any atom is -0.496 e. The average molecular weight is 661 g/mol. The molecule has 0 bridgehead atoms. The molecule has 0 spiro atoms. The number of rotatable bonds is 18. The Hall–Kier alpha value is -3.07. The van der Waals surface area contributed by atoms with Gasteiger partial charge in [-0.25, -0.2) is 9.36 Å². The molecule has 248 valence electrons. The standard InChI is InChI=1S/C34H49O9PSi/c1-9-30(35)41-26(4)42-44(37,43-27-16-11-10-12-17-27)21-14-13-15-24(2)18-19-28-32(38-5)25(3)29-23-40-34(36)31(29)33(28)39-20-22-45(6,7)8/h10-12,16-18,26H,9,13-15,19-23H2,1-8H3/b24-18+/t26-,44?/m0/s1. The maximum Gasteiger partial charge on any atom is 0.382 e. The predicted octanol–water partition coefficient (Wildman–Crippen LogP) is 8.64. The van der Waals surface area contributed by atoms with Gasteiger partial charge in [0.15, 0.2) is 0 Å². The van der Waals surface area contributed by atoms with Gasteiger partial charge in [0, 0.05) is 25.6 Å². The summed E-state index contributed by atoms with van der Waals surface area (Å²) in [5, 5.41) is 0. The van der Waals surface area contributed by atoms with Crippen LogP contribution in [0.1, 0.15) is 73.5 Å². The Morgan fingerprint density at radius 3 is 2.49 bits per heavy atom. The van der Waals surface area contributed by atoms with E-state index in [-0.39, 0.29) is 25.2 Å². The molecule has 1 aliphatic heterocycles. The first-order chi connectivity index (χ1) is 21.3. The van der Waals surface area contributed by atoms with Gasteiger partial charge in [-0.3, -0.25) is 9.32 Å². The van der Waals surface area contributed by atoms with Crippen LogP contribution in [-0.4, -0.2) is 46.2 Å². The summed E-state index contributed by atoms with van der Waals surface area (Å²) in [6.07, 6.45) is 4.07. The predicted molar refractivity (Wildman–Crippen MR) is 178 cm³/mol. The second kappa shape index (κ2) is 16.5. The molecule has 2 aromatic rings. The van der Waals surface area contributed by atoms with Crippen molar-refractivity contribution in [1.82, 2.24) is 0 Å². The van der Waals surface area contributed by atoms with E-state index in [0.717, 1.165) is 41.1 Å². The molecule has 1 heterocycles. The molecular weight excluding hydrogens is 611 g/mol. The van der Waals surface area contributed by atoms with Crippen molar-refractivity contribution in [1.29, 1.82) is 0 Å². The van der Waals surface area contributed by atoms with Gasteiger partial charge in [0.1, 0.15) is 29.4 Å². The molecule has 0 saturated heterocycles. The van der Waals surface area contributed by atoms with Crippen molar-refractivity contribution < 1.29 is 42.1 Å². The van der Waals surface area contributed by atoms with Crippen LogP contribution < -0.4 is 14.0 Å². The third kappa shape index (κ3) is 10.8. The molecule has 2 aromatic carbocycles. The fourth-order valence-electron chi connectivity index (χ4n) is 4.99. The molecule has 0 aliphatic carbocycles. The van der Waals surface area contributed by atoms with Crippen LogP contribution in [0.2, 0.25) is 25.7 Å². The number of para-hydroxylation sites is 1. The van der Waals surface area contributed by atoms with Gasteiger partial charge in [-0.1, -0.05) is 56.4 Å². The number of hydrogen-bond acceptors (Lipinski definition) is 9. The van der Waals surface area contributed by atoms with E-state index in [2.05, 4.69) is 32.6 Å². The number of hydrogen-bond donors (Lipinski definition) is 0. The number of fused-ring (bicyclic) bond motifs is 1. The van der Waals surface area contributed by atoms with Crippen molar-refractivity contribution in [3.8, 4) is 17.2 Å². The first-order valence-corrected chi connectivity index (χ1v) is 21.1. The van der Waals surface area contributed by atoms with E-state index < -0.39 is 27.9 Å². The minimum atomic E-state index is -3.62. The fraction of sp³-hybridized carbons (Fsp3) is 0.529. The highest BCUT2D eigenvalue weighted by molar-refractivity contribution is 7.54. The van der Waals surface area contributed by atoms with Crippen LogP contribution >= 0.6 is 7.60 Å². The maximum absolute atomic E-state index is 13.7. The van der Waals surface area contributed by atoms with Crippen LogP contribution in [0.4, 0.5) is 0 Å². The number of benzene rings is 2. The highest BCUT2D eigenvalue weighted by Crippen LogP contribution is 2.50. The first-order valence-electron chi connectivity index (χ1n) is 15.7. The zero-order valence-corrected chi connectivity index (χ0v) is 29.9. The summed E-state index contributed by atoms with van der Waals surface area (Å²) >= 11 is 0. The van der Waals surface area contributed by atoms with Crippen molar-refractivity contribution in [3.63, 3.8) is 0 Å². The smallest absolute Gasteiger partial charge is 0.382 e. The summed E-state index contributed by atoms with van der Waals surface area (Å²) in [7, 11) is -3.34. The van der Waals surface area contributed by atoms with Crippen LogP contribution in [-0.2, 0) is 36.4 Å². The second-order valence-corrected chi connectivity index (χ2v) is 20.2. The van der Waals surface area contributed by atoms with Gasteiger partial charge in [-0.15, -0.1) is 0 Å². The van der Waals surface area contributed by atoms with E-state index in [0.29, 0.717) is 42.3 Å². The molecule has 0 saturated carbocycles. The molecule has 1 aliphatic rings. The summed E-state index contributed by atoms with van der Waals surface area (Å²) in [5.41, 5.74) is 4.21. The van der Waals surface area contributed by atoms with E-state index in [1.807, 2.05) is 13.0 Å². The quantitative estimate of drug-likeness (QED) is 0.0388. The van der Waals surface area contributed by atoms with Crippen molar-refractivity contribution in [2.45, 2.75) is 98.4 Å². The van der Waals surface area contributed by atoms with Crippen LogP contribution in [0.15, 0.2) is 42.0 Å². The molecular formula is C34H49O9PSi. The molecule has 3 rings (SSSR count). The second-order valence-electron chi connectivity index (χ2n) is 12.5. The first kappa shape index (κ1) is 36.4. The Morgan fingerprint density at radius 1 is 1.13 bits per heavy atom. The van der Waals surface area contributed by atoms with Crippen molar-refractivity contribution in [3.05, 3.63) is 64.2 Å². The van der Waals surface area contributed by atoms with Gasteiger partial charge in [0.2, 0.25) is 6.29 Å². The Bertz CT molecular complexity index is 1400. The zero-order valence-electron chi connectivity index (χ0n) is 28.0. The van der Waals surface area contributed by atoms with Crippen LogP contribution in [0, 0.1) is 6.92 Å². The van der Waals surface area contributed by atoms with Gasteiger partial charge in [-0.2, -0.15) is 0 Å². The van der Waals surface area contributed by atoms with Gasteiger partial charge in [-0.05, 0) is 70.2 Å². The van der Waals surface area contributed by atoms with Gasteiger partial charge >= 0.3 is 19.5 Å². The summed E-state index contributed by atoms with van der Waals surface area (Å²) in [6.45, 7) is 14.8. The number of ether oxygens (including phenoxy) is 4. The number of methoxy groups -OCH3 is 1. The number of esters is 2. The molecule has 0 radical (unpaired) electrons. The normalized spacial score (nSPS) is 15.1. The zero-order chi connectivity index (χ0) is 33.2. The van der Waals surface area contributed by atoms with Gasteiger partial charge in [0.25, 0.3) is 0 Å². The van der Waals surface area contributed by atoms with E-state index in [4.69, 9.17) is 28.0 Å². The fourth-order valence-corrected chi connectivity index (χ4v) is 7.50. The molecule has 0 amide bonds. The topological polar surface area (TPSA) is 107 Å². The number of carbonyl (C=O) groups is 2. The molecule has 0 aromatic heterocycles. The van der Waals surface area contributed by atoms with Crippen LogP contribution in [0.25, 0.3) is 0 Å². The lowest BCUT2D eigenvalue weighted by molar-refractivity contribution is -0.161. The Kier molecular flexibility index (Phi) is 13.3. The highest BCUT2D eigenvalue weighted by atomic mass is 31.2. The minimum absolute atomic E-state index is 0.165. The van der Waals surface area contributed by atoms with E-state index >= 15 is 0 Å². The van der Waals surface area contributed by atoms with Crippen LogP contribution in [0.3, 0.4) is 0 Å². The molecule has 9 nitrogen and oxygen atoms in total. The molecule has 0 fully saturated rings. The molecule has 45 heavy (non-hydrogen) atoms. The summed E-state index contributed by atoms with van der Waals surface area (Å²) < 4.78 is 48.0. The largest absolute Gasteiger partial charge is 0.496 e. The highest BCUT2D eigenvalue weighted by Gasteiger charge is 2.33. The van der Waals surface area contributed by atoms with E-state index in [9.17, 15) is 14.2 Å². The third-order valence-electron chi connectivity index (χ3n) is 7.52. The maximum atomic E-state index is 13.7. The van der Waals surface area contributed by atoms with Crippen molar-refractivity contribution >= 4 is 27.6 Å². The average Bonchev–Trinajstić information content (AvgIpc) is 3.36. The van der Waals surface area contributed by atoms with Gasteiger partial charge < -0.3 is 23.5 Å². The molecule has 2 atom stereocenters.